The maximum absolute atomic E-state index is 6.28. The second-order valence-electron chi connectivity index (χ2n) is 10.9. The zero-order chi connectivity index (χ0) is 28.6. The van der Waals surface area contributed by atoms with E-state index in [0.717, 1.165) is 11.5 Å². The molecule has 0 heterocycles. The summed E-state index contributed by atoms with van der Waals surface area (Å²) < 4.78 is 6.28. The zero-order valence-corrected chi connectivity index (χ0v) is 23.6. The molecule has 202 valence electrons. The molecule has 0 atom stereocenters. The normalized spacial score (nSPS) is 11.3. The quantitative estimate of drug-likeness (QED) is 0.194. The van der Waals surface area contributed by atoms with E-state index in [1.54, 1.807) is 0 Å². The lowest BCUT2D eigenvalue weighted by Crippen LogP contribution is -1.92. The van der Waals surface area contributed by atoms with Gasteiger partial charge in [0.15, 0.2) is 0 Å². The monoisotopic (exact) mass is 548 g/mol. The molecule has 0 saturated heterocycles. The fraction of sp³-hybridized carbons (Fsp3) is 0. The molecule has 0 spiro atoms. The van der Waals surface area contributed by atoms with Crippen LogP contribution in [-0.2, 0) is 0 Å². The second-order valence-corrected chi connectivity index (χ2v) is 10.9. The van der Waals surface area contributed by atoms with E-state index < -0.39 is 0 Å². The van der Waals surface area contributed by atoms with Gasteiger partial charge in [0.1, 0.15) is 11.5 Å². The third-order valence-corrected chi connectivity index (χ3v) is 8.31. The van der Waals surface area contributed by atoms with Crippen LogP contribution in [0.2, 0.25) is 0 Å². The molecule has 8 rings (SSSR count). The zero-order valence-electron chi connectivity index (χ0n) is 23.6. The lowest BCUT2D eigenvalue weighted by Gasteiger charge is -2.19. The molecule has 0 bridgehead atoms. The van der Waals surface area contributed by atoms with Crippen molar-refractivity contribution in [2.45, 2.75) is 0 Å². The van der Waals surface area contributed by atoms with Gasteiger partial charge in [-0.2, -0.15) is 0 Å². The van der Waals surface area contributed by atoms with Gasteiger partial charge in [-0.1, -0.05) is 146 Å². The Kier molecular flexibility index (Phi) is 6.20. The van der Waals surface area contributed by atoms with E-state index >= 15 is 0 Å². The largest absolute Gasteiger partial charge is 0.457 e. The van der Waals surface area contributed by atoms with Gasteiger partial charge < -0.3 is 4.74 Å². The van der Waals surface area contributed by atoms with Crippen LogP contribution in [0.3, 0.4) is 0 Å². The van der Waals surface area contributed by atoms with Crippen LogP contribution in [0.1, 0.15) is 0 Å². The molecule has 0 unspecified atom stereocenters. The Balaban J connectivity index is 1.28. The summed E-state index contributed by atoms with van der Waals surface area (Å²) in [7, 11) is 0. The Morgan fingerprint density at radius 2 is 0.814 bits per heavy atom. The standard InChI is InChI=1S/C42H28O/c1-2-13-30(14-3-1)35-16-6-7-17-36(35)42-39-20-10-8-18-37(39)41(38-19-9-11-21-40(38)42)31-23-25-33(26-24-31)43-34-27-22-29-12-4-5-15-32(29)28-34/h1-28H. The first-order chi connectivity index (χ1) is 21.3. The van der Waals surface area contributed by atoms with Crippen molar-refractivity contribution in [3.05, 3.63) is 170 Å². The molecule has 0 radical (unpaired) electrons. The van der Waals surface area contributed by atoms with Crippen LogP contribution in [-0.4, -0.2) is 0 Å². The van der Waals surface area contributed by atoms with E-state index in [-0.39, 0.29) is 0 Å². The van der Waals surface area contributed by atoms with Gasteiger partial charge in [0.05, 0.1) is 0 Å². The van der Waals surface area contributed by atoms with Gasteiger partial charge in [0.25, 0.3) is 0 Å². The van der Waals surface area contributed by atoms with Crippen LogP contribution >= 0.6 is 0 Å². The fourth-order valence-electron chi connectivity index (χ4n) is 6.36. The molecule has 0 aliphatic rings. The summed E-state index contributed by atoms with van der Waals surface area (Å²) in [6.45, 7) is 0. The van der Waals surface area contributed by atoms with E-state index in [1.165, 1.54) is 65.7 Å². The van der Waals surface area contributed by atoms with Gasteiger partial charge in [-0.25, -0.2) is 0 Å². The minimum absolute atomic E-state index is 0.820. The first kappa shape index (κ1) is 25.1. The predicted molar refractivity (Wildman–Crippen MR) is 182 cm³/mol. The van der Waals surface area contributed by atoms with Crippen LogP contribution in [0.5, 0.6) is 11.5 Å². The molecule has 0 saturated carbocycles. The summed E-state index contributed by atoms with van der Waals surface area (Å²) in [5.74, 6) is 1.66. The molecule has 0 aromatic heterocycles. The number of ether oxygens (including phenoxy) is 1. The van der Waals surface area contributed by atoms with Crippen molar-refractivity contribution in [1.82, 2.24) is 0 Å². The molecule has 8 aromatic carbocycles. The highest BCUT2D eigenvalue weighted by Gasteiger charge is 2.18. The average molecular weight is 549 g/mol. The maximum Gasteiger partial charge on any atom is 0.128 e. The molecule has 8 aromatic rings. The summed E-state index contributed by atoms with van der Waals surface area (Å²) in [5, 5.41) is 7.35. The number of benzene rings is 8. The molecular formula is C42H28O. The van der Waals surface area contributed by atoms with Crippen molar-refractivity contribution in [2.24, 2.45) is 0 Å². The number of fused-ring (bicyclic) bond motifs is 3. The number of hydrogen-bond donors (Lipinski definition) is 0. The maximum atomic E-state index is 6.28. The lowest BCUT2D eigenvalue weighted by atomic mass is 9.84. The van der Waals surface area contributed by atoms with E-state index in [0.29, 0.717) is 0 Å². The Morgan fingerprint density at radius 3 is 1.49 bits per heavy atom. The fourth-order valence-corrected chi connectivity index (χ4v) is 6.36. The predicted octanol–water partition coefficient (Wildman–Crippen LogP) is 11.9. The molecule has 0 N–H and O–H groups in total. The minimum Gasteiger partial charge on any atom is -0.457 e. The molecule has 0 aliphatic heterocycles. The SMILES string of the molecule is c1ccc(-c2ccccc2-c2c3ccccc3c(-c3ccc(Oc4ccc5ccccc5c4)cc3)c3ccccc23)cc1. The molecular weight excluding hydrogens is 520 g/mol. The highest BCUT2D eigenvalue weighted by Crippen LogP contribution is 2.46. The third kappa shape index (κ3) is 4.52. The van der Waals surface area contributed by atoms with Crippen LogP contribution in [0.4, 0.5) is 0 Å². The van der Waals surface area contributed by atoms with Crippen molar-refractivity contribution in [1.29, 1.82) is 0 Å². The van der Waals surface area contributed by atoms with Crippen LogP contribution in [0.25, 0.3) is 65.7 Å². The van der Waals surface area contributed by atoms with Gasteiger partial charge in [0.2, 0.25) is 0 Å². The Morgan fingerprint density at radius 1 is 0.302 bits per heavy atom. The van der Waals surface area contributed by atoms with Gasteiger partial charge >= 0.3 is 0 Å². The van der Waals surface area contributed by atoms with Crippen LogP contribution in [0, 0.1) is 0 Å². The van der Waals surface area contributed by atoms with Crippen molar-refractivity contribution >= 4 is 32.3 Å². The van der Waals surface area contributed by atoms with Crippen molar-refractivity contribution in [2.75, 3.05) is 0 Å². The summed E-state index contributed by atoms with van der Waals surface area (Å²) in [6.07, 6.45) is 0. The topological polar surface area (TPSA) is 9.23 Å². The molecule has 1 nitrogen and oxygen atoms in total. The van der Waals surface area contributed by atoms with Crippen molar-refractivity contribution < 1.29 is 4.74 Å². The summed E-state index contributed by atoms with van der Waals surface area (Å²) in [5.41, 5.74) is 7.38. The van der Waals surface area contributed by atoms with Gasteiger partial charge in [-0.15, -0.1) is 0 Å². The first-order valence-electron chi connectivity index (χ1n) is 14.7. The van der Waals surface area contributed by atoms with E-state index in [2.05, 4.69) is 164 Å². The van der Waals surface area contributed by atoms with Crippen LogP contribution in [0.15, 0.2) is 170 Å². The highest BCUT2D eigenvalue weighted by molar-refractivity contribution is 6.22. The number of rotatable bonds is 5. The summed E-state index contributed by atoms with van der Waals surface area (Å²) in [6, 6.07) is 60.2. The summed E-state index contributed by atoms with van der Waals surface area (Å²) >= 11 is 0. The van der Waals surface area contributed by atoms with Crippen molar-refractivity contribution in [3.63, 3.8) is 0 Å². The Labute approximate surface area is 251 Å². The van der Waals surface area contributed by atoms with Crippen molar-refractivity contribution in [3.8, 4) is 44.9 Å². The van der Waals surface area contributed by atoms with E-state index in [1.807, 2.05) is 6.07 Å². The van der Waals surface area contributed by atoms with Gasteiger partial charge in [-0.05, 0) is 90.0 Å². The molecule has 0 fully saturated rings. The van der Waals surface area contributed by atoms with Gasteiger partial charge in [0, 0.05) is 0 Å². The van der Waals surface area contributed by atoms with E-state index in [4.69, 9.17) is 4.74 Å². The molecule has 0 amide bonds. The lowest BCUT2D eigenvalue weighted by molar-refractivity contribution is 0.483. The molecule has 1 heteroatoms. The van der Waals surface area contributed by atoms with Crippen LogP contribution < -0.4 is 4.74 Å². The Hall–Kier alpha value is -5.66. The molecule has 0 aliphatic carbocycles. The number of hydrogen-bond acceptors (Lipinski definition) is 1. The minimum atomic E-state index is 0.820. The summed E-state index contributed by atoms with van der Waals surface area (Å²) in [4.78, 5) is 0. The van der Waals surface area contributed by atoms with E-state index in [9.17, 15) is 0 Å². The van der Waals surface area contributed by atoms with Gasteiger partial charge in [-0.3, -0.25) is 0 Å². The smallest absolute Gasteiger partial charge is 0.128 e. The average Bonchev–Trinajstić information content (AvgIpc) is 3.08. The first-order valence-corrected chi connectivity index (χ1v) is 14.7. The second kappa shape index (κ2) is 10.6. The highest BCUT2D eigenvalue weighted by atomic mass is 16.5. The Bertz CT molecular complexity index is 2190. The third-order valence-electron chi connectivity index (χ3n) is 8.31. The molecule has 43 heavy (non-hydrogen) atoms.